The first-order chi connectivity index (χ1) is 6.63. The van der Waals surface area contributed by atoms with E-state index in [2.05, 4.69) is 0 Å². The van der Waals surface area contributed by atoms with Crippen LogP contribution >= 0.6 is 7.92 Å². The summed E-state index contributed by atoms with van der Waals surface area (Å²) in [7, 11) is 1.02. The Morgan fingerprint density at radius 1 is 1.43 bits per heavy atom. The summed E-state index contributed by atoms with van der Waals surface area (Å²) in [4.78, 5) is 10.5. The molecule has 0 amide bonds. The van der Waals surface area contributed by atoms with Crippen molar-refractivity contribution in [1.82, 2.24) is 0 Å². The minimum absolute atomic E-state index is 0.224. The molecule has 1 unspecified atom stereocenters. The molecule has 0 saturated carbocycles. The number of methoxy groups -OCH3 is 1. The van der Waals surface area contributed by atoms with Crippen LogP contribution in [0.1, 0.15) is 0 Å². The molecule has 1 N–H and O–H groups in total. The summed E-state index contributed by atoms with van der Waals surface area (Å²) in [6.07, 6.45) is 0.224. The fourth-order valence-corrected chi connectivity index (χ4v) is 2.38. The Kier molecular flexibility index (Phi) is 3.90. The van der Waals surface area contributed by atoms with Gasteiger partial charge in [-0.2, -0.15) is 0 Å². The van der Waals surface area contributed by atoms with E-state index in [9.17, 15) is 4.79 Å². The van der Waals surface area contributed by atoms with E-state index in [1.807, 2.05) is 30.9 Å². The van der Waals surface area contributed by atoms with Crippen molar-refractivity contribution in [2.75, 3.05) is 19.9 Å². The van der Waals surface area contributed by atoms with Gasteiger partial charge in [0, 0.05) is 0 Å². The number of hydrogen-bond donors (Lipinski definition) is 1. The Balaban J connectivity index is 2.71. The predicted octanol–water partition coefficient (Wildman–Crippen LogP) is 1.52. The standard InChI is InChI=1S/C10H13O3P/c1-13-8-3-5-9(6-4-8)14(2)7-10(11)12/h3-6H,7H2,1-2H3,(H,11,12). The molecule has 0 aliphatic heterocycles. The van der Waals surface area contributed by atoms with Crippen LogP contribution < -0.4 is 10.0 Å². The lowest BCUT2D eigenvalue weighted by Gasteiger charge is -2.09. The van der Waals surface area contributed by atoms with Crippen molar-refractivity contribution in [2.24, 2.45) is 0 Å². The summed E-state index contributed by atoms with van der Waals surface area (Å²) in [5, 5.41) is 9.72. The highest BCUT2D eigenvalue weighted by Crippen LogP contribution is 2.29. The van der Waals surface area contributed by atoms with E-state index in [1.165, 1.54) is 0 Å². The second-order valence-corrected chi connectivity index (χ2v) is 5.18. The molecule has 0 saturated heterocycles. The Morgan fingerprint density at radius 3 is 2.43 bits per heavy atom. The van der Waals surface area contributed by atoms with Gasteiger partial charge in [-0.15, -0.1) is 0 Å². The van der Waals surface area contributed by atoms with Crippen LogP contribution in [0.25, 0.3) is 0 Å². The molecule has 1 rings (SSSR count). The van der Waals surface area contributed by atoms with Crippen LogP contribution in [0.15, 0.2) is 24.3 Å². The first-order valence-corrected chi connectivity index (χ1v) is 6.18. The second-order valence-electron chi connectivity index (χ2n) is 2.95. The Bertz CT molecular complexity index is 308. The molecule has 0 radical (unpaired) electrons. The number of carbonyl (C=O) groups is 1. The molecular weight excluding hydrogens is 199 g/mol. The smallest absolute Gasteiger partial charge is 0.308 e. The van der Waals surface area contributed by atoms with E-state index in [1.54, 1.807) is 7.11 Å². The number of benzene rings is 1. The van der Waals surface area contributed by atoms with Crippen LogP contribution in [0.2, 0.25) is 0 Å². The minimum atomic E-state index is -0.741. The SMILES string of the molecule is COc1ccc(P(C)CC(=O)O)cc1. The van der Waals surface area contributed by atoms with E-state index in [4.69, 9.17) is 9.84 Å². The van der Waals surface area contributed by atoms with E-state index in [0.29, 0.717) is 0 Å². The number of carboxylic acid groups (broad SMARTS) is 1. The van der Waals surface area contributed by atoms with E-state index < -0.39 is 13.9 Å². The van der Waals surface area contributed by atoms with Crippen molar-refractivity contribution in [1.29, 1.82) is 0 Å². The summed E-state index contributed by atoms with van der Waals surface area (Å²) < 4.78 is 5.02. The van der Waals surface area contributed by atoms with Gasteiger partial charge in [0.1, 0.15) is 5.75 Å². The molecule has 0 fully saturated rings. The number of carboxylic acids is 1. The fourth-order valence-electron chi connectivity index (χ4n) is 1.13. The summed E-state index contributed by atoms with van der Waals surface area (Å²) >= 11 is 0. The zero-order valence-corrected chi connectivity index (χ0v) is 9.12. The molecule has 1 aromatic rings. The molecule has 0 aliphatic rings. The van der Waals surface area contributed by atoms with Gasteiger partial charge in [0.2, 0.25) is 0 Å². The summed E-state index contributed by atoms with van der Waals surface area (Å²) in [6, 6.07) is 7.56. The zero-order chi connectivity index (χ0) is 10.6. The molecule has 0 spiro atoms. The third-order valence-corrected chi connectivity index (χ3v) is 3.81. The minimum Gasteiger partial charge on any atom is -0.497 e. The third-order valence-electron chi connectivity index (χ3n) is 1.89. The Morgan fingerprint density at radius 2 is 2.00 bits per heavy atom. The number of ether oxygens (including phenoxy) is 1. The van der Waals surface area contributed by atoms with Crippen LogP contribution in [0.5, 0.6) is 5.75 Å². The number of hydrogen-bond acceptors (Lipinski definition) is 2. The Hall–Kier alpha value is -1.08. The summed E-state index contributed by atoms with van der Waals surface area (Å²) in [6.45, 7) is 1.96. The first kappa shape index (κ1) is 11.0. The highest BCUT2D eigenvalue weighted by molar-refractivity contribution is 7.65. The molecule has 0 aromatic heterocycles. The maximum Gasteiger partial charge on any atom is 0.308 e. The van der Waals surface area contributed by atoms with E-state index in [0.717, 1.165) is 11.1 Å². The average Bonchev–Trinajstić information content (AvgIpc) is 2.17. The summed E-state index contributed by atoms with van der Waals surface area (Å²) in [5.41, 5.74) is 0. The van der Waals surface area contributed by atoms with Gasteiger partial charge < -0.3 is 9.84 Å². The average molecular weight is 212 g/mol. The number of aliphatic carboxylic acids is 1. The zero-order valence-electron chi connectivity index (χ0n) is 8.23. The highest BCUT2D eigenvalue weighted by Gasteiger charge is 2.08. The van der Waals surface area contributed by atoms with Gasteiger partial charge in [-0.05, 0) is 24.1 Å². The molecule has 1 aromatic carbocycles. The van der Waals surface area contributed by atoms with Gasteiger partial charge in [0.05, 0.1) is 13.3 Å². The summed E-state index contributed by atoms with van der Waals surface area (Å²) in [5.74, 6) is 0.0573. The van der Waals surface area contributed by atoms with Crippen molar-refractivity contribution >= 4 is 19.2 Å². The van der Waals surface area contributed by atoms with Crippen molar-refractivity contribution < 1.29 is 14.6 Å². The maximum atomic E-state index is 10.5. The first-order valence-electron chi connectivity index (χ1n) is 4.20. The molecule has 1 atom stereocenters. The van der Waals surface area contributed by atoms with Crippen LogP contribution in [0.4, 0.5) is 0 Å². The normalized spacial score (nSPS) is 12.1. The largest absolute Gasteiger partial charge is 0.497 e. The molecule has 4 heteroatoms. The monoisotopic (exact) mass is 212 g/mol. The van der Waals surface area contributed by atoms with Crippen molar-refractivity contribution in [3.8, 4) is 5.75 Å². The van der Waals surface area contributed by atoms with Crippen LogP contribution in [0.3, 0.4) is 0 Å². The second kappa shape index (κ2) is 4.97. The van der Waals surface area contributed by atoms with Crippen LogP contribution in [-0.4, -0.2) is 31.0 Å². The van der Waals surface area contributed by atoms with Crippen molar-refractivity contribution in [2.45, 2.75) is 0 Å². The van der Waals surface area contributed by atoms with Gasteiger partial charge in [-0.3, -0.25) is 4.79 Å². The molecular formula is C10H13O3P. The van der Waals surface area contributed by atoms with E-state index in [-0.39, 0.29) is 6.16 Å². The van der Waals surface area contributed by atoms with Crippen LogP contribution in [-0.2, 0) is 4.79 Å². The van der Waals surface area contributed by atoms with Crippen molar-refractivity contribution in [3.05, 3.63) is 24.3 Å². The molecule has 14 heavy (non-hydrogen) atoms. The lowest BCUT2D eigenvalue weighted by Crippen LogP contribution is -2.08. The topological polar surface area (TPSA) is 46.5 Å². The third kappa shape index (κ3) is 3.00. The van der Waals surface area contributed by atoms with Gasteiger partial charge in [-0.25, -0.2) is 0 Å². The lowest BCUT2D eigenvalue weighted by atomic mass is 10.3. The van der Waals surface area contributed by atoms with Crippen LogP contribution in [0, 0.1) is 0 Å². The predicted molar refractivity (Wildman–Crippen MR) is 58.0 cm³/mol. The fraction of sp³-hybridized carbons (Fsp3) is 0.300. The van der Waals surface area contributed by atoms with E-state index >= 15 is 0 Å². The molecule has 3 nitrogen and oxygen atoms in total. The Labute approximate surface area is 84.5 Å². The van der Waals surface area contributed by atoms with Gasteiger partial charge in [-0.1, -0.05) is 20.1 Å². The van der Waals surface area contributed by atoms with Gasteiger partial charge in [0.15, 0.2) is 0 Å². The van der Waals surface area contributed by atoms with Gasteiger partial charge in [0.25, 0.3) is 0 Å². The molecule has 0 heterocycles. The lowest BCUT2D eigenvalue weighted by molar-refractivity contribution is -0.134. The molecule has 0 bridgehead atoms. The quantitative estimate of drug-likeness (QED) is 0.769. The van der Waals surface area contributed by atoms with Gasteiger partial charge >= 0.3 is 5.97 Å². The molecule has 0 aliphatic carbocycles. The molecule has 76 valence electrons. The number of rotatable bonds is 4. The maximum absolute atomic E-state index is 10.5. The van der Waals surface area contributed by atoms with Crippen molar-refractivity contribution in [3.63, 3.8) is 0 Å². The highest BCUT2D eigenvalue weighted by atomic mass is 31.1.